The van der Waals surface area contributed by atoms with Crippen molar-refractivity contribution in [2.75, 3.05) is 5.32 Å². The number of hydrogen-bond acceptors (Lipinski definition) is 8. The Hall–Kier alpha value is -4.76. The third kappa shape index (κ3) is 4.23. The zero-order valence-electron chi connectivity index (χ0n) is 19.1. The van der Waals surface area contributed by atoms with Gasteiger partial charge in [0.15, 0.2) is 17.3 Å². The van der Waals surface area contributed by atoms with Gasteiger partial charge in [0, 0.05) is 17.3 Å². The third-order valence-electron chi connectivity index (χ3n) is 5.48. The average molecular weight is 487 g/mol. The Bertz CT molecular complexity index is 1600. The number of pyridine rings is 1. The molecule has 0 saturated carbocycles. The van der Waals surface area contributed by atoms with E-state index in [4.69, 9.17) is 5.26 Å². The number of nitriles is 1. The van der Waals surface area contributed by atoms with Crippen molar-refractivity contribution in [3.63, 3.8) is 0 Å². The summed E-state index contributed by atoms with van der Waals surface area (Å²) in [6.45, 7) is 3.35. The van der Waals surface area contributed by atoms with E-state index in [0.29, 0.717) is 22.7 Å². The number of benzene rings is 1. The number of imidazole rings is 1. The van der Waals surface area contributed by atoms with E-state index in [2.05, 4.69) is 30.6 Å². The Morgan fingerprint density at radius 3 is 2.61 bits per heavy atom. The van der Waals surface area contributed by atoms with Crippen molar-refractivity contribution in [2.45, 2.75) is 26.4 Å². The lowest BCUT2D eigenvalue weighted by Crippen LogP contribution is -2.12. The number of halogens is 2. The number of aryl methyl sites for hydroxylation is 1. The number of rotatable bonds is 6. The number of fused-ring (bicyclic) bond motifs is 1. The topological polar surface area (TPSA) is 130 Å². The van der Waals surface area contributed by atoms with Gasteiger partial charge in [0.2, 0.25) is 0 Å². The third-order valence-corrected chi connectivity index (χ3v) is 5.48. The normalized spacial score (nSPS) is 12.1. The van der Waals surface area contributed by atoms with Crippen LogP contribution in [0.25, 0.3) is 22.7 Å². The van der Waals surface area contributed by atoms with Gasteiger partial charge in [0.1, 0.15) is 23.9 Å². The molecule has 5 rings (SSSR count). The standard InChI is InChI=1S/C24H19F2N9O/c1-13-3-7-21(32-31-13)29-15-4-6-19-18(9-15)28-12-34(19)22-8-5-17(14(2)36)24(30-22)35-20(23(25)26)10-16(11-27)33-35/h3-10,12,14,23,36H,1-2H3,(H,29,32). The number of hydrogen-bond donors (Lipinski definition) is 2. The molecular weight excluding hydrogens is 468 g/mol. The Balaban J connectivity index is 1.57. The van der Waals surface area contributed by atoms with Gasteiger partial charge in [-0.05, 0) is 56.3 Å². The molecule has 1 unspecified atom stereocenters. The first kappa shape index (κ1) is 23.0. The van der Waals surface area contributed by atoms with E-state index in [1.54, 1.807) is 29.1 Å². The SMILES string of the molecule is Cc1ccc(Nc2ccc3c(c2)ncn3-c2ccc(C(C)O)c(-n3nc(C#N)cc3C(F)F)n2)nn1. The van der Waals surface area contributed by atoms with Crippen LogP contribution in [0.4, 0.5) is 20.3 Å². The summed E-state index contributed by atoms with van der Waals surface area (Å²) in [6.07, 6.45) is -2.35. The molecule has 2 N–H and O–H groups in total. The molecule has 10 nitrogen and oxygen atoms in total. The Morgan fingerprint density at radius 1 is 1.08 bits per heavy atom. The highest BCUT2D eigenvalue weighted by atomic mass is 19.3. The van der Waals surface area contributed by atoms with Crippen molar-refractivity contribution in [1.29, 1.82) is 5.26 Å². The minimum Gasteiger partial charge on any atom is -0.389 e. The first-order valence-corrected chi connectivity index (χ1v) is 10.9. The monoisotopic (exact) mass is 487 g/mol. The van der Waals surface area contributed by atoms with Gasteiger partial charge in [-0.15, -0.1) is 5.10 Å². The lowest BCUT2D eigenvalue weighted by atomic mass is 10.1. The average Bonchev–Trinajstić information content (AvgIpc) is 3.49. The van der Waals surface area contributed by atoms with Crippen molar-refractivity contribution in [3.8, 4) is 17.7 Å². The molecule has 4 aromatic heterocycles. The molecule has 36 heavy (non-hydrogen) atoms. The van der Waals surface area contributed by atoms with Crippen LogP contribution in [0.5, 0.6) is 0 Å². The molecule has 0 amide bonds. The number of anilines is 2. The highest BCUT2D eigenvalue weighted by molar-refractivity contribution is 5.82. The predicted molar refractivity (Wildman–Crippen MR) is 126 cm³/mol. The van der Waals surface area contributed by atoms with Gasteiger partial charge < -0.3 is 10.4 Å². The lowest BCUT2D eigenvalue weighted by Gasteiger charge is -2.15. The fraction of sp³-hybridized carbons (Fsp3) is 0.167. The lowest BCUT2D eigenvalue weighted by molar-refractivity contribution is 0.142. The number of aromatic nitrogens is 7. The first-order valence-electron chi connectivity index (χ1n) is 10.9. The summed E-state index contributed by atoms with van der Waals surface area (Å²) >= 11 is 0. The van der Waals surface area contributed by atoms with Crippen LogP contribution >= 0.6 is 0 Å². The smallest absolute Gasteiger partial charge is 0.280 e. The molecule has 0 aliphatic carbocycles. The van der Waals surface area contributed by atoms with Crippen LogP contribution in [0.2, 0.25) is 0 Å². The van der Waals surface area contributed by atoms with Crippen molar-refractivity contribution in [3.05, 3.63) is 77.5 Å². The molecule has 12 heteroatoms. The van der Waals surface area contributed by atoms with Gasteiger partial charge in [0.25, 0.3) is 6.43 Å². The molecular formula is C24H19F2N9O. The Morgan fingerprint density at radius 2 is 1.92 bits per heavy atom. The Labute approximate surface area is 203 Å². The second-order valence-electron chi connectivity index (χ2n) is 8.04. The van der Waals surface area contributed by atoms with E-state index in [1.165, 1.54) is 6.92 Å². The molecule has 0 aliphatic rings. The maximum atomic E-state index is 13.7. The zero-order valence-corrected chi connectivity index (χ0v) is 19.1. The number of aliphatic hydroxyl groups is 1. The highest BCUT2D eigenvalue weighted by Crippen LogP contribution is 2.29. The van der Waals surface area contributed by atoms with Gasteiger partial charge in [-0.1, -0.05) is 0 Å². The molecule has 180 valence electrons. The second kappa shape index (κ2) is 9.12. The summed E-state index contributed by atoms with van der Waals surface area (Å²) in [5, 5.41) is 34.7. The first-order chi connectivity index (χ1) is 17.3. The minimum atomic E-state index is -2.90. The van der Waals surface area contributed by atoms with Gasteiger partial charge in [0.05, 0.1) is 22.8 Å². The molecule has 0 spiro atoms. The maximum absolute atomic E-state index is 13.7. The summed E-state index contributed by atoms with van der Waals surface area (Å²) in [4.78, 5) is 8.98. The summed E-state index contributed by atoms with van der Waals surface area (Å²) in [7, 11) is 0. The fourth-order valence-corrected chi connectivity index (χ4v) is 3.74. The molecule has 1 atom stereocenters. The molecule has 0 bridgehead atoms. The Kier molecular flexibility index (Phi) is 5.83. The number of nitrogens with one attached hydrogen (secondary N) is 1. The molecule has 0 radical (unpaired) electrons. The van der Waals surface area contributed by atoms with Gasteiger partial charge in [-0.25, -0.2) is 23.4 Å². The molecule has 5 aromatic rings. The van der Waals surface area contributed by atoms with Crippen molar-refractivity contribution in [1.82, 2.24) is 34.5 Å². The van der Waals surface area contributed by atoms with Crippen LogP contribution in [-0.2, 0) is 0 Å². The molecule has 1 aromatic carbocycles. The molecule has 4 heterocycles. The maximum Gasteiger partial charge on any atom is 0.280 e. The zero-order chi connectivity index (χ0) is 25.4. The van der Waals surface area contributed by atoms with Gasteiger partial charge in [-0.2, -0.15) is 15.5 Å². The molecule has 0 saturated heterocycles. The summed E-state index contributed by atoms with van der Waals surface area (Å²) in [5.74, 6) is 0.957. The second-order valence-corrected chi connectivity index (χ2v) is 8.04. The summed E-state index contributed by atoms with van der Waals surface area (Å²) in [5.41, 5.74) is 2.54. The summed E-state index contributed by atoms with van der Waals surface area (Å²) in [6, 6.07) is 15.2. The van der Waals surface area contributed by atoms with Crippen LogP contribution in [0.15, 0.2) is 54.9 Å². The van der Waals surface area contributed by atoms with Crippen LogP contribution in [0.3, 0.4) is 0 Å². The summed E-state index contributed by atoms with van der Waals surface area (Å²) < 4.78 is 30.0. The number of aliphatic hydroxyl groups excluding tert-OH is 1. The van der Waals surface area contributed by atoms with E-state index >= 15 is 0 Å². The number of nitrogens with zero attached hydrogens (tertiary/aromatic N) is 8. The fourth-order valence-electron chi connectivity index (χ4n) is 3.74. The van der Waals surface area contributed by atoms with Crippen molar-refractivity contribution in [2.24, 2.45) is 0 Å². The van der Waals surface area contributed by atoms with E-state index < -0.39 is 18.2 Å². The van der Waals surface area contributed by atoms with Crippen molar-refractivity contribution < 1.29 is 13.9 Å². The molecule has 0 fully saturated rings. The number of alkyl halides is 2. The van der Waals surface area contributed by atoms with E-state index in [9.17, 15) is 13.9 Å². The van der Waals surface area contributed by atoms with E-state index in [-0.39, 0.29) is 17.1 Å². The van der Waals surface area contributed by atoms with E-state index in [1.807, 2.05) is 37.3 Å². The quantitative estimate of drug-likeness (QED) is 0.362. The van der Waals surface area contributed by atoms with Crippen LogP contribution in [0, 0.1) is 18.3 Å². The largest absolute Gasteiger partial charge is 0.389 e. The van der Waals surface area contributed by atoms with Gasteiger partial charge >= 0.3 is 0 Å². The minimum absolute atomic E-state index is 0.00242. The van der Waals surface area contributed by atoms with Crippen LogP contribution in [-0.4, -0.2) is 39.6 Å². The predicted octanol–water partition coefficient (Wildman–Crippen LogP) is 4.31. The van der Waals surface area contributed by atoms with Crippen molar-refractivity contribution >= 4 is 22.5 Å². The molecule has 0 aliphatic heterocycles. The van der Waals surface area contributed by atoms with Crippen LogP contribution in [0.1, 0.15) is 42.1 Å². The van der Waals surface area contributed by atoms with E-state index in [0.717, 1.165) is 22.1 Å². The van der Waals surface area contributed by atoms with Gasteiger partial charge in [-0.3, -0.25) is 4.57 Å². The van der Waals surface area contributed by atoms with Crippen LogP contribution < -0.4 is 5.32 Å². The highest BCUT2D eigenvalue weighted by Gasteiger charge is 2.23.